The van der Waals surface area contributed by atoms with E-state index in [1.165, 1.54) is 10.9 Å². The second-order valence-corrected chi connectivity index (χ2v) is 4.41. The number of aromatic nitrogens is 5. The van der Waals surface area contributed by atoms with Crippen LogP contribution in [0.3, 0.4) is 0 Å². The summed E-state index contributed by atoms with van der Waals surface area (Å²) in [5, 5.41) is 17.8. The third-order valence-electron chi connectivity index (χ3n) is 3.06. The summed E-state index contributed by atoms with van der Waals surface area (Å²) < 4.78 is 3.18. The molecule has 0 bridgehead atoms. The molecule has 0 fully saturated rings. The summed E-state index contributed by atoms with van der Waals surface area (Å²) in [6.45, 7) is 2.67. The third-order valence-corrected chi connectivity index (χ3v) is 3.06. The number of carboxylic acids is 1. The van der Waals surface area contributed by atoms with Crippen LogP contribution < -0.4 is 0 Å². The number of aryl methyl sites for hydroxylation is 1. The Bertz CT molecular complexity index is 776. The molecule has 0 aliphatic carbocycles. The number of aromatic carboxylic acids is 1. The number of pyridine rings is 1. The zero-order valence-electron chi connectivity index (χ0n) is 11.3. The van der Waals surface area contributed by atoms with Gasteiger partial charge in [0.2, 0.25) is 0 Å². The molecule has 0 atom stereocenters. The van der Waals surface area contributed by atoms with Gasteiger partial charge in [-0.3, -0.25) is 4.68 Å². The Kier molecular flexibility index (Phi) is 3.23. The fourth-order valence-electron chi connectivity index (χ4n) is 2.01. The highest BCUT2D eigenvalue weighted by Crippen LogP contribution is 2.22. The maximum atomic E-state index is 11.4. The van der Waals surface area contributed by atoms with Crippen LogP contribution in [0.1, 0.15) is 17.3 Å². The van der Waals surface area contributed by atoms with Gasteiger partial charge in [0.1, 0.15) is 11.3 Å². The SMILES string of the molecule is CCn1cc(-c2nn(-c3ccccn3)cc2C(=O)O)cn1. The van der Waals surface area contributed by atoms with Crippen molar-refractivity contribution in [2.75, 3.05) is 0 Å². The summed E-state index contributed by atoms with van der Waals surface area (Å²) >= 11 is 0. The van der Waals surface area contributed by atoms with E-state index in [-0.39, 0.29) is 5.56 Å². The van der Waals surface area contributed by atoms with E-state index in [4.69, 9.17) is 0 Å². The van der Waals surface area contributed by atoms with Gasteiger partial charge in [-0.05, 0) is 19.1 Å². The highest BCUT2D eigenvalue weighted by molar-refractivity contribution is 5.94. The molecule has 0 unspecified atom stereocenters. The topological polar surface area (TPSA) is 85.8 Å². The highest BCUT2D eigenvalue weighted by Gasteiger charge is 2.19. The average Bonchev–Trinajstić information content (AvgIpc) is 3.14. The van der Waals surface area contributed by atoms with Gasteiger partial charge < -0.3 is 5.11 Å². The predicted molar refractivity (Wildman–Crippen MR) is 75.2 cm³/mol. The number of carboxylic acid groups (broad SMARTS) is 1. The molecule has 1 N–H and O–H groups in total. The quantitative estimate of drug-likeness (QED) is 0.789. The molecule has 3 heterocycles. The largest absolute Gasteiger partial charge is 0.478 e. The molecule has 0 amide bonds. The van der Waals surface area contributed by atoms with Crippen molar-refractivity contribution in [1.82, 2.24) is 24.5 Å². The van der Waals surface area contributed by atoms with Crippen LogP contribution in [0, 0.1) is 0 Å². The Morgan fingerprint density at radius 2 is 2.19 bits per heavy atom. The van der Waals surface area contributed by atoms with Crippen molar-refractivity contribution in [2.24, 2.45) is 0 Å². The van der Waals surface area contributed by atoms with Gasteiger partial charge in [-0.1, -0.05) is 6.07 Å². The Morgan fingerprint density at radius 3 is 2.81 bits per heavy atom. The zero-order chi connectivity index (χ0) is 14.8. The molecule has 0 aliphatic rings. The highest BCUT2D eigenvalue weighted by atomic mass is 16.4. The fraction of sp³-hybridized carbons (Fsp3) is 0.143. The second-order valence-electron chi connectivity index (χ2n) is 4.41. The number of rotatable bonds is 4. The average molecular weight is 283 g/mol. The summed E-state index contributed by atoms with van der Waals surface area (Å²) in [6, 6.07) is 5.37. The second kappa shape index (κ2) is 5.20. The van der Waals surface area contributed by atoms with E-state index in [0.717, 1.165) is 0 Å². The van der Waals surface area contributed by atoms with Crippen LogP contribution in [0.5, 0.6) is 0 Å². The van der Waals surface area contributed by atoms with Crippen LogP contribution in [-0.2, 0) is 6.54 Å². The van der Waals surface area contributed by atoms with E-state index in [1.54, 1.807) is 35.4 Å². The maximum absolute atomic E-state index is 11.4. The van der Waals surface area contributed by atoms with Gasteiger partial charge in [0, 0.05) is 30.7 Å². The number of hydrogen-bond donors (Lipinski definition) is 1. The van der Waals surface area contributed by atoms with Crippen LogP contribution in [0.2, 0.25) is 0 Å². The van der Waals surface area contributed by atoms with E-state index in [1.807, 2.05) is 13.0 Å². The van der Waals surface area contributed by atoms with Gasteiger partial charge >= 0.3 is 5.97 Å². The van der Waals surface area contributed by atoms with E-state index >= 15 is 0 Å². The Labute approximate surface area is 120 Å². The van der Waals surface area contributed by atoms with Crippen molar-refractivity contribution in [3.8, 4) is 17.1 Å². The minimum absolute atomic E-state index is 0.122. The van der Waals surface area contributed by atoms with Crippen molar-refractivity contribution in [3.05, 3.63) is 48.5 Å². The molecule has 3 rings (SSSR count). The lowest BCUT2D eigenvalue weighted by Gasteiger charge is -1.97. The first-order chi connectivity index (χ1) is 10.2. The van der Waals surface area contributed by atoms with E-state index in [9.17, 15) is 9.90 Å². The molecule has 0 aromatic carbocycles. The van der Waals surface area contributed by atoms with Crippen LogP contribution in [0.15, 0.2) is 43.0 Å². The summed E-state index contributed by atoms with van der Waals surface area (Å²) in [7, 11) is 0. The lowest BCUT2D eigenvalue weighted by Crippen LogP contribution is -1.97. The van der Waals surface area contributed by atoms with Crippen molar-refractivity contribution < 1.29 is 9.90 Å². The van der Waals surface area contributed by atoms with Crippen LogP contribution in [0.25, 0.3) is 17.1 Å². The standard InChI is InChI=1S/C14H13N5O2/c1-2-18-8-10(7-16-18)13-11(14(20)21)9-19(17-13)12-5-3-4-6-15-12/h3-9H,2H2,1H3,(H,20,21). The molecule has 21 heavy (non-hydrogen) atoms. The van der Waals surface area contributed by atoms with Gasteiger partial charge in [-0.15, -0.1) is 0 Å². The number of nitrogens with zero attached hydrogens (tertiary/aromatic N) is 5. The Morgan fingerprint density at radius 1 is 1.33 bits per heavy atom. The van der Waals surface area contributed by atoms with E-state index in [2.05, 4.69) is 15.2 Å². The molecule has 7 heteroatoms. The molecule has 0 radical (unpaired) electrons. The van der Waals surface area contributed by atoms with Gasteiger partial charge in [-0.25, -0.2) is 14.5 Å². The molecule has 3 aromatic heterocycles. The normalized spacial score (nSPS) is 10.7. The van der Waals surface area contributed by atoms with Crippen molar-refractivity contribution >= 4 is 5.97 Å². The van der Waals surface area contributed by atoms with Gasteiger partial charge in [0.25, 0.3) is 0 Å². The van der Waals surface area contributed by atoms with Crippen molar-refractivity contribution in [1.29, 1.82) is 0 Å². The Balaban J connectivity index is 2.11. The first-order valence-corrected chi connectivity index (χ1v) is 6.46. The summed E-state index contributed by atoms with van der Waals surface area (Å²) in [4.78, 5) is 15.6. The minimum Gasteiger partial charge on any atom is -0.478 e. The van der Waals surface area contributed by atoms with E-state index < -0.39 is 5.97 Å². The summed E-state index contributed by atoms with van der Waals surface area (Å²) in [6.07, 6.45) is 6.48. The first kappa shape index (κ1) is 13.0. The molecule has 7 nitrogen and oxygen atoms in total. The minimum atomic E-state index is -1.03. The summed E-state index contributed by atoms with van der Waals surface area (Å²) in [5.41, 5.74) is 1.17. The molecule has 0 saturated carbocycles. The fourth-order valence-corrected chi connectivity index (χ4v) is 2.01. The molecular weight excluding hydrogens is 270 g/mol. The van der Waals surface area contributed by atoms with Gasteiger partial charge in [0.15, 0.2) is 5.82 Å². The lowest BCUT2D eigenvalue weighted by molar-refractivity contribution is 0.0697. The molecule has 106 valence electrons. The van der Waals surface area contributed by atoms with Crippen LogP contribution in [-0.4, -0.2) is 35.6 Å². The van der Waals surface area contributed by atoms with Crippen LogP contribution >= 0.6 is 0 Å². The lowest BCUT2D eigenvalue weighted by atomic mass is 10.1. The molecule has 0 spiro atoms. The third kappa shape index (κ3) is 2.40. The molecule has 0 saturated heterocycles. The van der Waals surface area contributed by atoms with Crippen molar-refractivity contribution in [2.45, 2.75) is 13.5 Å². The maximum Gasteiger partial charge on any atom is 0.339 e. The number of carbonyl (C=O) groups is 1. The van der Waals surface area contributed by atoms with E-state index in [0.29, 0.717) is 23.6 Å². The smallest absolute Gasteiger partial charge is 0.339 e. The summed E-state index contributed by atoms with van der Waals surface area (Å²) in [5.74, 6) is -0.467. The van der Waals surface area contributed by atoms with Crippen LogP contribution in [0.4, 0.5) is 0 Å². The monoisotopic (exact) mass is 283 g/mol. The predicted octanol–water partition coefficient (Wildman–Crippen LogP) is 1.85. The molecule has 0 aliphatic heterocycles. The van der Waals surface area contributed by atoms with Gasteiger partial charge in [-0.2, -0.15) is 10.2 Å². The number of hydrogen-bond acceptors (Lipinski definition) is 4. The molecular formula is C14H13N5O2. The molecule has 3 aromatic rings. The first-order valence-electron chi connectivity index (χ1n) is 6.46. The Hall–Kier alpha value is -2.96. The van der Waals surface area contributed by atoms with Crippen molar-refractivity contribution in [3.63, 3.8) is 0 Å². The zero-order valence-corrected chi connectivity index (χ0v) is 11.3. The van der Waals surface area contributed by atoms with Gasteiger partial charge in [0.05, 0.1) is 6.20 Å².